The Bertz CT molecular complexity index is 893. The van der Waals surface area contributed by atoms with Crippen LogP contribution in [0.1, 0.15) is 24.0 Å². The molecule has 1 aromatic rings. The van der Waals surface area contributed by atoms with Gasteiger partial charge in [0.15, 0.2) is 0 Å². The molecule has 1 heterocycles. The Morgan fingerprint density at radius 3 is 2.19 bits per heavy atom. The number of carboxylic acids is 1. The number of ether oxygens (including phenoxy) is 1. The van der Waals surface area contributed by atoms with Crippen molar-refractivity contribution in [2.24, 2.45) is 0 Å². The molecule has 1 aliphatic heterocycles. The number of nitriles is 1. The van der Waals surface area contributed by atoms with Gasteiger partial charge < -0.3 is 14.7 Å². The van der Waals surface area contributed by atoms with Crippen LogP contribution < -0.4 is 0 Å². The molecule has 0 radical (unpaired) electrons. The number of alkyl halides is 3. The summed E-state index contributed by atoms with van der Waals surface area (Å²) in [5.74, 6) is -3.54. The molecule has 0 amide bonds. The van der Waals surface area contributed by atoms with Crippen molar-refractivity contribution < 1.29 is 32.6 Å². The second kappa shape index (κ2) is 7.15. The lowest BCUT2D eigenvalue weighted by Crippen LogP contribution is -2.33. The van der Waals surface area contributed by atoms with Crippen molar-refractivity contribution in [2.75, 3.05) is 14.2 Å². The Morgan fingerprint density at radius 2 is 1.78 bits per heavy atom. The third-order valence-corrected chi connectivity index (χ3v) is 4.37. The summed E-state index contributed by atoms with van der Waals surface area (Å²) in [5.41, 5.74) is -1.20. The predicted octanol–water partition coefficient (Wildman–Crippen LogP) is 3.04. The zero-order chi connectivity index (χ0) is 20.5. The third-order valence-electron chi connectivity index (χ3n) is 4.37. The third kappa shape index (κ3) is 3.51. The molecule has 1 aromatic carbocycles. The van der Waals surface area contributed by atoms with Gasteiger partial charge >= 0.3 is 18.1 Å². The lowest BCUT2D eigenvalue weighted by molar-refractivity contribution is -0.138. The van der Waals surface area contributed by atoms with Gasteiger partial charge in [0, 0.05) is 12.7 Å². The number of nitrogens with zero attached hydrogens (tertiary/aromatic N) is 2. The molecule has 0 saturated carbocycles. The van der Waals surface area contributed by atoms with Crippen molar-refractivity contribution in [3.05, 3.63) is 57.9 Å². The standard InChI is InChI=1S/C18H15F3N2O4/c1-9-13(16(24)25)14(10-4-6-11(7-5-10)18(19,20)21)15(17(26)27-3)12(8-22)23(9)2/h4-7,14H,1-3H3,(H,24,25). The number of carbonyl (C=O) groups is 2. The van der Waals surface area contributed by atoms with Crippen molar-refractivity contribution >= 4 is 11.9 Å². The molecule has 9 heteroatoms. The molecule has 0 spiro atoms. The number of allylic oxidation sites excluding steroid dienone is 2. The van der Waals surface area contributed by atoms with E-state index in [0.29, 0.717) is 0 Å². The van der Waals surface area contributed by atoms with Crippen LogP contribution in [-0.4, -0.2) is 36.1 Å². The van der Waals surface area contributed by atoms with Gasteiger partial charge in [-0.2, -0.15) is 18.4 Å². The lowest BCUT2D eigenvalue weighted by Gasteiger charge is -2.33. The number of esters is 1. The molecule has 1 atom stereocenters. The minimum Gasteiger partial charge on any atom is -0.478 e. The van der Waals surface area contributed by atoms with Gasteiger partial charge in [-0.25, -0.2) is 9.59 Å². The van der Waals surface area contributed by atoms with Gasteiger partial charge in [-0.1, -0.05) is 12.1 Å². The summed E-state index contributed by atoms with van der Waals surface area (Å²) in [4.78, 5) is 25.4. The van der Waals surface area contributed by atoms with E-state index in [1.165, 1.54) is 18.9 Å². The molecule has 0 aromatic heterocycles. The highest BCUT2D eigenvalue weighted by atomic mass is 19.4. The van der Waals surface area contributed by atoms with Crippen LogP contribution in [0, 0.1) is 11.3 Å². The average molecular weight is 380 g/mol. The Balaban J connectivity index is 2.76. The predicted molar refractivity (Wildman–Crippen MR) is 86.9 cm³/mol. The fourth-order valence-electron chi connectivity index (χ4n) is 2.95. The maximum absolute atomic E-state index is 12.8. The van der Waals surface area contributed by atoms with E-state index in [1.807, 2.05) is 6.07 Å². The van der Waals surface area contributed by atoms with Crippen molar-refractivity contribution in [1.82, 2.24) is 4.90 Å². The highest BCUT2D eigenvalue weighted by Crippen LogP contribution is 2.42. The molecule has 0 aliphatic carbocycles. The van der Waals surface area contributed by atoms with Gasteiger partial charge in [0.1, 0.15) is 11.8 Å². The summed E-state index contributed by atoms with van der Waals surface area (Å²) >= 11 is 0. The van der Waals surface area contributed by atoms with Crippen molar-refractivity contribution in [3.8, 4) is 6.07 Å². The van der Waals surface area contributed by atoms with Crippen molar-refractivity contribution in [1.29, 1.82) is 5.26 Å². The zero-order valence-electron chi connectivity index (χ0n) is 14.6. The molecular formula is C18H15F3N2O4. The quantitative estimate of drug-likeness (QED) is 0.811. The van der Waals surface area contributed by atoms with Crippen LogP contribution in [0.15, 0.2) is 46.8 Å². The summed E-state index contributed by atoms with van der Waals surface area (Å²) in [5, 5.41) is 19.1. The maximum atomic E-state index is 12.8. The van der Waals surface area contributed by atoms with Crippen LogP contribution in [0.4, 0.5) is 13.2 Å². The van der Waals surface area contributed by atoms with Crippen LogP contribution in [-0.2, 0) is 20.5 Å². The van der Waals surface area contributed by atoms with E-state index < -0.39 is 29.6 Å². The van der Waals surface area contributed by atoms with Gasteiger partial charge in [0.05, 0.1) is 29.7 Å². The topological polar surface area (TPSA) is 90.6 Å². The number of carbonyl (C=O) groups excluding carboxylic acids is 1. The van der Waals surface area contributed by atoms with Gasteiger partial charge in [-0.05, 0) is 24.6 Å². The first kappa shape index (κ1) is 20.0. The van der Waals surface area contributed by atoms with Gasteiger partial charge in [-0.3, -0.25) is 0 Å². The summed E-state index contributed by atoms with van der Waals surface area (Å²) in [6, 6.07) is 5.61. The van der Waals surface area contributed by atoms with E-state index in [-0.39, 0.29) is 28.1 Å². The molecule has 27 heavy (non-hydrogen) atoms. The first-order valence-corrected chi connectivity index (χ1v) is 7.62. The number of aliphatic carboxylic acids is 1. The summed E-state index contributed by atoms with van der Waals surface area (Å²) in [7, 11) is 2.49. The summed E-state index contributed by atoms with van der Waals surface area (Å²) < 4.78 is 43.2. The highest BCUT2D eigenvalue weighted by Gasteiger charge is 2.40. The van der Waals surface area contributed by atoms with Gasteiger partial charge in [-0.15, -0.1) is 0 Å². The first-order valence-electron chi connectivity index (χ1n) is 7.62. The van der Waals surface area contributed by atoms with Crippen molar-refractivity contribution in [2.45, 2.75) is 19.0 Å². The molecule has 0 fully saturated rings. The fraction of sp³-hybridized carbons (Fsp3) is 0.278. The van der Waals surface area contributed by atoms with E-state index in [4.69, 9.17) is 4.74 Å². The smallest absolute Gasteiger partial charge is 0.416 e. The van der Waals surface area contributed by atoms with E-state index in [2.05, 4.69) is 0 Å². The Kier molecular flexibility index (Phi) is 5.31. The van der Waals surface area contributed by atoms with E-state index in [1.54, 1.807) is 0 Å². The van der Waals surface area contributed by atoms with E-state index >= 15 is 0 Å². The zero-order valence-corrected chi connectivity index (χ0v) is 14.6. The molecule has 1 N–H and O–H groups in total. The molecule has 2 rings (SSSR count). The number of methoxy groups -OCH3 is 1. The first-order chi connectivity index (χ1) is 12.5. The molecule has 1 unspecified atom stereocenters. The Hall–Kier alpha value is -3.28. The van der Waals surface area contributed by atoms with E-state index in [0.717, 1.165) is 31.4 Å². The highest BCUT2D eigenvalue weighted by molar-refractivity contribution is 5.99. The lowest BCUT2D eigenvalue weighted by atomic mass is 9.79. The molecule has 0 saturated heterocycles. The van der Waals surface area contributed by atoms with Crippen LogP contribution >= 0.6 is 0 Å². The SMILES string of the molecule is COC(=O)C1=C(C#N)N(C)C(C)=C(C(=O)O)C1c1ccc(C(F)(F)F)cc1. The molecule has 6 nitrogen and oxygen atoms in total. The average Bonchev–Trinajstić information content (AvgIpc) is 2.61. The van der Waals surface area contributed by atoms with Crippen LogP contribution in [0.25, 0.3) is 0 Å². The van der Waals surface area contributed by atoms with Gasteiger partial charge in [0.2, 0.25) is 0 Å². The minimum atomic E-state index is -4.56. The Labute approximate surface area is 152 Å². The maximum Gasteiger partial charge on any atom is 0.416 e. The number of halogens is 3. The van der Waals surface area contributed by atoms with Crippen LogP contribution in [0.3, 0.4) is 0 Å². The molecular weight excluding hydrogens is 365 g/mol. The molecule has 0 bridgehead atoms. The van der Waals surface area contributed by atoms with Crippen LogP contribution in [0.2, 0.25) is 0 Å². The number of benzene rings is 1. The molecule has 1 aliphatic rings. The van der Waals surface area contributed by atoms with Crippen molar-refractivity contribution in [3.63, 3.8) is 0 Å². The second-order valence-corrected chi connectivity index (χ2v) is 5.78. The number of rotatable bonds is 3. The monoisotopic (exact) mass is 380 g/mol. The summed E-state index contributed by atoms with van der Waals surface area (Å²) in [6.07, 6.45) is -4.56. The molecule has 142 valence electrons. The second-order valence-electron chi connectivity index (χ2n) is 5.78. The number of hydrogen-bond acceptors (Lipinski definition) is 5. The normalized spacial score (nSPS) is 17.7. The van der Waals surface area contributed by atoms with Crippen LogP contribution in [0.5, 0.6) is 0 Å². The minimum absolute atomic E-state index is 0.126. The Morgan fingerprint density at radius 1 is 1.22 bits per heavy atom. The largest absolute Gasteiger partial charge is 0.478 e. The number of hydrogen-bond donors (Lipinski definition) is 1. The fourth-order valence-corrected chi connectivity index (χ4v) is 2.95. The number of carboxylic acid groups (broad SMARTS) is 1. The van der Waals surface area contributed by atoms with Gasteiger partial charge in [0.25, 0.3) is 0 Å². The van der Waals surface area contributed by atoms with E-state index in [9.17, 15) is 33.1 Å². The summed E-state index contributed by atoms with van der Waals surface area (Å²) in [6.45, 7) is 1.45.